The van der Waals surface area contributed by atoms with Crippen LogP contribution in [0.15, 0.2) is 35.8 Å². The number of nitrogen functional groups attached to an aromatic ring is 1. The fraction of sp³-hybridized carbons (Fsp3) is 0.286. The Kier molecular flexibility index (Phi) is 6.93. The quantitative estimate of drug-likeness (QED) is 0.893. The lowest BCUT2D eigenvalue weighted by Crippen LogP contribution is -2.48. The summed E-state index contributed by atoms with van der Waals surface area (Å²) in [6.45, 7) is 3.05. The van der Waals surface area contributed by atoms with Gasteiger partial charge in [-0.15, -0.1) is 36.2 Å². The summed E-state index contributed by atoms with van der Waals surface area (Å²) >= 11 is 1.49. The van der Waals surface area contributed by atoms with Crippen LogP contribution in [-0.4, -0.2) is 42.0 Å². The van der Waals surface area contributed by atoms with Gasteiger partial charge >= 0.3 is 0 Å². The Balaban J connectivity index is 0.00000121. The van der Waals surface area contributed by atoms with Crippen molar-refractivity contribution in [3.8, 4) is 0 Å². The summed E-state index contributed by atoms with van der Waals surface area (Å²) in [7, 11) is 0. The Morgan fingerprint density at radius 3 is 2.41 bits per heavy atom. The molecule has 0 aromatic carbocycles. The summed E-state index contributed by atoms with van der Waals surface area (Å²) in [6.07, 6.45) is 1.67. The second kappa shape index (κ2) is 8.22. The van der Waals surface area contributed by atoms with Crippen LogP contribution >= 0.6 is 36.2 Å². The van der Waals surface area contributed by atoms with E-state index in [-0.39, 0.29) is 30.7 Å². The molecule has 0 spiro atoms. The summed E-state index contributed by atoms with van der Waals surface area (Å²) in [5.41, 5.74) is 6.31. The molecule has 1 saturated heterocycles. The van der Waals surface area contributed by atoms with Gasteiger partial charge in [0, 0.05) is 26.2 Å². The first-order chi connectivity index (χ1) is 9.74. The minimum atomic E-state index is 0. The fourth-order valence-corrected chi connectivity index (χ4v) is 2.97. The van der Waals surface area contributed by atoms with Gasteiger partial charge in [0.2, 0.25) is 0 Å². The number of thiophene rings is 1. The molecule has 1 fully saturated rings. The Morgan fingerprint density at radius 1 is 1.14 bits per heavy atom. The topological polar surface area (TPSA) is 62.5 Å². The van der Waals surface area contributed by atoms with Crippen molar-refractivity contribution in [2.45, 2.75) is 0 Å². The van der Waals surface area contributed by atoms with Crippen molar-refractivity contribution < 1.29 is 4.79 Å². The van der Waals surface area contributed by atoms with E-state index in [2.05, 4.69) is 9.88 Å². The van der Waals surface area contributed by atoms with Gasteiger partial charge in [0.25, 0.3) is 5.91 Å². The van der Waals surface area contributed by atoms with Crippen LogP contribution in [0.3, 0.4) is 0 Å². The molecule has 0 unspecified atom stereocenters. The van der Waals surface area contributed by atoms with Gasteiger partial charge < -0.3 is 15.5 Å². The minimum Gasteiger partial charge on any atom is -0.397 e. The molecule has 5 nitrogen and oxygen atoms in total. The monoisotopic (exact) mass is 360 g/mol. The number of anilines is 2. The average molecular weight is 361 g/mol. The minimum absolute atomic E-state index is 0. The largest absolute Gasteiger partial charge is 0.397 e. The van der Waals surface area contributed by atoms with Crippen molar-refractivity contribution >= 4 is 53.6 Å². The van der Waals surface area contributed by atoms with Gasteiger partial charge in [0.15, 0.2) is 0 Å². The molecule has 3 rings (SSSR count). The first kappa shape index (κ1) is 18.5. The van der Waals surface area contributed by atoms with Crippen LogP contribution in [0.5, 0.6) is 0 Å². The van der Waals surface area contributed by atoms with Crippen molar-refractivity contribution in [2.24, 2.45) is 0 Å². The van der Waals surface area contributed by atoms with Crippen LogP contribution in [0.1, 0.15) is 9.67 Å². The van der Waals surface area contributed by atoms with Crippen LogP contribution in [-0.2, 0) is 0 Å². The van der Waals surface area contributed by atoms with Crippen molar-refractivity contribution in [1.29, 1.82) is 0 Å². The number of hydrogen-bond acceptors (Lipinski definition) is 5. The van der Waals surface area contributed by atoms with Gasteiger partial charge in [-0.3, -0.25) is 4.79 Å². The number of hydrogen-bond donors (Lipinski definition) is 1. The number of halogens is 2. The fourth-order valence-electron chi connectivity index (χ4n) is 2.28. The molecule has 0 atom stereocenters. The summed E-state index contributed by atoms with van der Waals surface area (Å²) in [5, 5.41) is 1.93. The maximum absolute atomic E-state index is 12.2. The van der Waals surface area contributed by atoms with E-state index >= 15 is 0 Å². The number of aromatic nitrogens is 1. The maximum Gasteiger partial charge on any atom is 0.264 e. The van der Waals surface area contributed by atoms with Gasteiger partial charge in [0.1, 0.15) is 5.82 Å². The predicted octanol–water partition coefficient (Wildman–Crippen LogP) is 2.53. The molecule has 0 saturated carbocycles. The molecule has 8 heteroatoms. The first-order valence-corrected chi connectivity index (χ1v) is 7.41. The lowest BCUT2D eigenvalue weighted by molar-refractivity contribution is 0.0751. The molecule has 1 aliphatic heterocycles. The number of carbonyl (C=O) groups excluding carboxylic acids is 1. The third-order valence-corrected chi connectivity index (χ3v) is 4.25. The molecule has 2 N–H and O–H groups in total. The number of piperazine rings is 1. The Bertz CT molecular complexity index is 583. The number of carbonyl (C=O) groups is 1. The Hall–Kier alpha value is -1.50. The van der Waals surface area contributed by atoms with Gasteiger partial charge in [-0.2, -0.15) is 0 Å². The van der Waals surface area contributed by atoms with Gasteiger partial charge in [0.05, 0.1) is 16.8 Å². The molecular formula is C14H18Cl2N4OS. The number of pyridine rings is 1. The van der Waals surface area contributed by atoms with Crippen LogP contribution in [0.2, 0.25) is 0 Å². The molecule has 120 valence electrons. The molecular weight excluding hydrogens is 343 g/mol. The van der Waals surface area contributed by atoms with E-state index in [9.17, 15) is 4.79 Å². The van der Waals surface area contributed by atoms with Gasteiger partial charge in [-0.05, 0) is 23.6 Å². The van der Waals surface area contributed by atoms with Crippen LogP contribution in [0.25, 0.3) is 0 Å². The predicted molar refractivity (Wildman–Crippen MR) is 95.6 cm³/mol. The van der Waals surface area contributed by atoms with E-state index in [4.69, 9.17) is 5.73 Å². The average Bonchev–Trinajstić information content (AvgIpc) is 3.02. The third kappa shape index (κ3) is 4.03. The van der Waals surface area contributed by atoms with E-state index in [1.807, 2.05) is 34.5 Å². The van der Waals surface area contributed by atoms with E-state index in [0.29, 0.717) is 5.69 Å². The second-order valence-corrected chi connectivity index (χ2v) is 5.65. The molecule has 22 heavy (non-hydrogen) atoms. The zero-order chi connectivity index (χ0) is 13.9. The molecule has 3 heterocycles. The summed E-state index contributed by atoms with van der Waals surface area (Å²) < 4.78 is 0. The van der Waals surface area contributed by atoms with Crippen LogP contribution < -0.4 is 10.6 Å². The summed E-state index contributed by atoms with van der Waals surface area (Å²) in [5.74, 6) is 1.05. The number of nitrogens with zero attached hydrogens (tertiary/aromatic N) is 3. The zero-order valence-electron chi connectivity index (χ0n) is 11.8. The highest BCUT2D eigenvalue weighted by Crippen LogP contribution is 2.17. The maximum atomic E-state index is 12.2. The summed E-state index contributed by atoms with van der Waals surface area (Å²) in [6, 6.07) is 7.56. The highest BCUT2D eigenvalue weighted by molar-refractivity contribution is 7.12. The number of nitrogens with two attached hydrogens (primary N) is 1. The first-order valence-electron chi connectivity index (χ1n) is 6.53. The molecule has 0 bridgehead atoms. The van der Waals surface area contributed by atoms with E-state index in [1.165, 1.54) is 11.3 Å². The lowest BCUT2D eigenvalue weighted by Gasteiger charge is -2.35. The van der Waals surface area contributed by atoms with E-state index in [0.717, 1.165) is 36.9 Å². The van der Waals surface area contributed by atoms with Crippen molar-refractivity contribution in [3.63, 3.8) is 0 Å². The molecule has 2 aromatic heterocycles. The molecule has 1 aliphatic rings. The Labute approximate surface area is 145 Å². The SMILES string of the molecule is Cl.Cl.Nc1ccc(N2CCN(C(=O)c3cccs3)CC2)nc1. The zero-order valence-corrected chi connectivity index (χ0v) is 14.3. The molecule has 0 aliphatic carbocycles. The lowest BCUT2D eigenvalue weighted by atomic mass is 10.3. The van der Waals surface area contributed by atoms with Gasteiger partial charge in [-0.25, -0.2) is 4.98 Å². The molecule has 0 radical (unpaired) electrons. The van der Waals surface area contributed by atoms with Crippen molar-refractivity contribution in [1.82, 2.24) is 9.88 Å². The smallest absolute Gasteiger partial charge is 0.264 e. The molecule has 1 amide bonds. The standard InChI is InChI=1S/C14H16N4OS.2ClH/c15-11-3-4-13(16-10-11)17-5-7-18(8-6-17)14(19)12-2-1-9-20-12;;/h1-4,9-10H,5-8,15H2;2*1H. The van der Waals surface area contributed by atoms with Crippen molar-refractivity contribution in [2.75, 3.05) is 36.8 Å². The van der Waals surface area contributed by atoms with E-state index < -0.39 is 0 Å². The van der Waals surface area contributed by atoms with Crippen LogP contribution in [0, 0.1) is 0 Å². The van der Waals surface area contributed by atoms with Crippen molar-refractivity contribution in [3.05, 3.63) is 40.7 Å². The molecule has 2 aromatic rings. The number of amides is 1. The number of rotatable bonds is 2. The highest BCUT2D eigenvalue weighted by Gasteiger charge is 2.23. The highest BCUT2D eigenvalue weighted by atomic mass is 35.5. The Morgan fingerprint density at radius 2 is 1.86 bits per heavy atom. The normalized spacial score (nSPS) is 14.0. The van der Waals surface area contributed by atoms with E-state index in [1.54, 1.807) is 6.20 Å². The van der Waals surface area contributed by atoms with Crippen LogP contribution in [0.4, 0.5) is 11.5 Å². The third-order valence-electron chi connectivity index (χ3n) is 3.39. The second-order valence-electron chi connectivity index (χ2n) is 4.71. The van der Waals surface area contributed by atoms with Gasteiger partial charge in [-0.1, -0.05) is 6.07 Å². The summed E-state index contributed by atoms with van der Waals surface area (Å²) in [4.78, 5) is 21.4.